The highest BCUT2D eigenvalue weighted by atomic mass is 32.2. The summed E-state index contributed by atoms with van der Waals surface area (Å²) in [4.78, 5) is 16.7. The van der Waals surface area contributed by atoms with E-state index >= 15 is 0 Å². The summed E-state index contributed by atoms with van der Waals surface area (Å²) in [5, 5.41) is 11.7. The van der Waals surface area contributed by atoms with Gasteiger partial charge in [-0.25, -0.2) is 19.9 Å². The summed E-state index contributed by atoms with van der Waals surface area (Å²) in [5.41, 5.74) is 4.47. The van der Waals surface area contributed by atoms with E-state index in [0.29, 0.717) is 0 Å². The standard InChI is InChI=1S/C9H9NOS2.3C5H7NS.2CH4/c1-7-5-12-9(10-7)13-6-8-3-2-4-11-8;3*1-4-3-7-5(2)6-4;;/h2-5H,6H2,1H3;3*3H,1-2H3;2*1H4. The molecule has 0 amide bonds. The van der Waals surface area contributed by atoms with Gasteiger partial charge in [0.25, 0.3) is 0 Å². The van der Waals surface area contributed by atoms with Gasteiger partial charge in [0.15, 0.2) is 4.34 Å². The maximum absolute atomic E-state index is 5.22. The molecule has 0 unspecified atom stereocenters. The second-order valence-electron chi connectivity index (χ2n) is 7.15. The Labute approximate surface area is 237 Å². The van der Waals surface area contributed by atoms with Crippen molar-refractivity contribution in [2.45, 2.75) is 73.4 Å². The molecule has 0 aromatic carbocycles. The lowest BCUT2D eigenvalue weighted by Gasteiger charge is -1.92. The molecule has 5 aromatic heterocycles. The lowest BCUT2D eigenvalue weighted by molar-refractivity contribution is 0.530. The van der Waals surface area contributed by atoms with E-state index in [1.54, 1.807) is 63.4 Å². The molecule has 0 fully saturated rings. The van der Waals surface area contributed by atoms with E-state index in [1.807, 2.05) is 60.6 Å². The molecular formula is C26H38N4OS5. The summed E-state index contributed by atoms with van der Waals surface area (Å²) < 4.78 is 6.32. The van der Waals surface area contributed by atoms with Crippen LogP contribution >= 0.6 is 57.1 Å². The van der Waals surface area contributed by atoms with Crippen molar-refractivity contribution in [1.29, 1.82) is 0 Å². The van der Waals surface area contributed by atoms with Crippen molar-refractivity contribution in [2.75, 3.05) is 0 Å². The highest BCUT2D eigenvalue weighted by Gasteiger charge is 2.01. The van der Waals surface area contributed by atoms with Gasteiger partial charge in [-0.05, 0) is 60.6 Å². The molecule has 198 valence electrons. The number of hydrogen-bond donors (Lipinski definition) is 0. The maximum Gasteiger partial charge on any atom is 0.150 e. The normalized spacial score (nSPS) is 9.31. The first kappa shape index (κ1) is 34.1. The van der Waals surface area contributed by atoms with Gasteiger partial charge in [-0.2, -0.15) is 0 Å². The Morgan fingerprint density at radius 2 is 1.06 bits per heavy atom. The van der Waals surface area contributed by atoms with E-state index in [9.17, 15) is 0 Å². The van der Waals surface area contributed by atoms with Crippen LogP contribution in [0.2, 0.25) is 0 Å². The Bertz CT molecular complexity index is 1060. The third-order valence-corrected chi connectivity index (χ3v) is 8.55. The van der Waals surface area contributed by atoms with Gasteiger partial charge in [-0.15, -0.1) is 45.3 Å². The summed E-state index contributed by atoms with van der Waals surface area (Å²) in [6.45, 7) is 14.1. The van der Waals surface area contributed by atoms with Gasteiger partial charge in [0.2, 0.25) is 0 Å². The predicted octanol–water partition coefficient (Wildman–Crippen LogP) is 9.89. The van der Waals surface area contributed by atoms with Crippen molar-refractivity contribution in [3.8, 4) is 0 Å². The van der Waals surface area contributed by atoms with Gasteiger partial charge < -0.3 is 4.42 Å². The topological polar surface area (TPSA) is 64.7 Å². The minimum atomic E-state index is 0. The molecule has 0 bridgehead atoms. The van der Waals surface area contributed by atoms with Crippen LogP contribution in [0, 0.1) is 48.5 Å². The van der Waals surface area contributed by atoms with E-state index < -0.39 is 0 Å². The van der Waals surface area contributed by atoms with Crippen molar-refractivity contribution in [1.82, 2.24) is 19.9 Å². The monoisotopic (exact) mass is 582 g/mol. The fraction of sp³-hybridized carbons (Fsp3) is 0.385. The van der Waals surface area contributed by atoms with E-state index in [1.165, 1.54) is 0 Å². The number of aryl methyl sites for hydroxylation is 7. The first-order valence-corrected chi connectivity index (χ1v) is 14.9. The molecule has 0 radical (unpaired) electrons. The summed E-state index contributed by atoms with van der Waals surface area (Å²) in [5.74, 6) is 1.86. The Balaban J connectivity index is 0.000000466. The molecule has 5 aromatic rings. The molecule has 5 heterocycles. The largest absolute Gasteiger partial charge is 0.468 e. The van der Waals surface area contributed by atoms with Crippen molar-refractivity contribution < 1.29 is 4.42 Å². The second-order valence-corrected chi connectivity index (χ2v) is 12.4. The Kier molecular flexibility index (Phi) is 17.5. The van der Waals surface area contributed by atoms with Gasteiger partial charge in [0.05, 0.1) is 27.0 Å². The molecule has 0 aliphatic heterocycles. The second kappa shape index (κ2) is 18.4. The average Bonchev–Trinajstić information content (AvgIpc) is 3.60. The molecule has 0 aliphatic carbocycles. The van der Waals surface area contributed by atoms with Gasteiger partial charge >= 0.3 is 0 Å². The van der Waals surface area contributed by atoms with Gasteiger partial charge in [0.1, 0.15) is 5.76 Å². The zero-order valence-electron chi connectivity index (χ0n) is 20.5. The Morgan fingerprint density at radius 1 is 0.639 bits per heavy atom. The van der Waals surface area contributed by atoms with Crippen LogP contribution in [0.25, 0.3) is 0 Å². The molecule has 0 spiro atoms. The number of hydrogen-bond acceptors (Lipinski definition) is 10. The summed E-state index contributed by atoms with van der Waals surface area (Å²) in [6, 6.07) is 3.89. The molecule has 10 heteroatoms. The first-order chi connectivity index (χ1) is 16.2. The number of thiazole rings is 4. The molecule has 0 aliphatic rings. The highest BCUT2D eigenvalue weighted by Crippen LogP contribution is 2.25. The SMILES string of the molecule is C.C.Cc1csc(C)n1.Cc1csc(C)n1.Cc1csc(C)n1.Cc1csc(SCc2ccco2)n1. The molecule has 0 saturated heterocycles. The van der Waals surface area contributed by atoms with Crippen LogP contribution in [-0.2, 0) is 5.75 Å². The zero-order valence-corrected chi connectivity index (χ0v) is 24.6. The maximum atomic E-state index is 5.22. The van der Waals surface area contributed by atoms with Crippen LogP contribution in [-0.4, -0.2) is 19.9 Å². The van der Waals surface area contributed by atoms with Crippen molar-refractivity contribution in [3.05, 3.63) is 83.5 Å². The van der Waals surface area contributed by atoms with E-state index in [4.69, 9.17) is 4.42 Å². The number of aromatic nitrogens is 4. The lowest BCUT2D eigenvalue weighted by atomic mass is 10.5. The van der Waals surface area contributed by atoms with Crippen LogP contribution in [0.4, 0.5) is 0 Å². The molecule has 5 nitrogen and oxygen atoms in total. The first-order valence-electron chi connectivity index (χ1n) is 10.4. The number of nitrogens with zero attached hydrogens (tertiary/aromatic N) is 4. The minimum absolute atomic E-state index is 0. The average molecular weight is 583 g/mol. The van der Waals surface area contributed by atoms with E-state index in [0.717, 1.165) is 53.7 Å². The smallest absolute Gasteiger partial charge is 0.150 e. The molecule has 36 heavy (non-hydrogen) atoms. The Hall–Kier alpha value is -1.85. The number of rotatable bonds is 3. The quantitative estimate of drug-likeness (QED) is 0.197. The molecule has 0 saturated carbocycles. The van der Waals surface area contributed by atoms with Crippen molar-refractivity contribution in [2.24, 2.45) is 0 Å². The van der Waals surface area contributed by atoms with E-state index in [-0.39, 0.29) is 14.9 Å². The van der Waals surface area contributed by atoms with Crippen molar-refractivity contribution in [3.63, 3.8) is 0 Å². The number of thioether (sulfide) groups is 1. The van der Waals surface area contributed by atoms with Crippen LogP contribution < -0.4 is 0 Å². The summed E-state index contributed by atoms with van der Waals surface area (Å²) in [6.07, 6.45) is 1.70. The third-order valence-electron chi connectivity index (χ3n) is 3.72. The van der Waals surface area contributed by atoms with Gasteiger partial charge in [-0.3, -0.25) is 0 Å². The third kappa shape index (κ3) is 14.6. The minimum Gasteiger partial charge on any atom is -0.468 e. The van der Waals surface area contributed by atoms with Gasteiger partial charge in [0, 0.05) is 44.3 Å². The molecule has 0 N–H and O–H groups in total. The zero-order chi connectivity index (χ0) is 24.9. The van der Waals surface area contributed by atoms with Gasteiger partial charge in [-0.1, -0.05) is 26.6 Å². The van der Waals surface area contributed by atoms with Crippen LogP contribution in [0.5, 0.6) is 0 Å². The highest BCUT2D eigenvalue weighted by molar-refractivity contribution is 8.00. The lowest BCUT2D eigenvalue weighted by Crippen LogP contribution is -1.75. The van der Waals surface area contributed by atoms with Crippen LogP contribution in [0.1, 0.15) is 58.4 Å². The predicted molar refractivity (Wildman–Crippen MR) is 163 cm³/mol. The number of furan rings is 1. The fourth-order valence-electron chi connectivity index (χ4n) is 2.34. The Morgan fingerprint density at radius 3 is 1.31 bits per heavy atom. The van der Waals surface area contributed by atoms with Crippen LogP contribution in [0.3, 0.4) is 0 Å². The van der Waals surface area contributed by atoms with Crippen LogP contribution in [0.15, 0.2) is 48.7 Å². The summed E-state index contributed by atoms with van der Waals surface area (Å²) in [7, 11) is 0. The molecule has 0 atom stereocenters. The molecular weight excluding hydrogens is 545 g/mol. The molecule has 5 rings (SSSR count). The van der Waals surface area contributed by atoms with E-state index in [2.05, 4.69) is 41.5 Å². The fourth-order valence-corrected chi connectivity index (χ4v) is 5.87. The van der Waals surface area contributed by atoms with Crippen molar-refractivity contribution >= 4 is 57.1 Å². The summed E-state index contributed by atoms with van der Waals surface area (Å²) >= 11 is 8.47.